The number of nitrogens with zero attached hydrogens (tertiary/aromatic N) is 4. The van der Waals surface area contributed by atoms with Gasteiger partial charge in [-0.2, -0.15) is 13.2 Å². The van der Waals surface area contributed by atoms with Crippen molar-refractivity contribution in [1.82, 2.24) is 19.9 Å². The van der Waals surface area contributed by atoms with Crippen molar-refractivity contribution in [3.8, 4) is 22.6 Å². The van der Waals surface area contributed by atoms with E-state index in [0.717, 1.165) is 16.3 Å². The molecule has 3 heterocycles. The number of methoxy groups -OCH3 is 1. The molecule has 5 rings (SSSR count). The Labute approximate surface area is 214 Å². The molecule has 1 fully saturated rings. The van der Waals surface area contributed by atoms with Gasteiger partial charge in [-0.15, -0.1) is 0 Å². The van der Waals surface area contributed by atoms with Crippen LogP contribution in [0.3, 0.4) is 0 Å². The van der Waals surface area contributed by atoms with Crippen LogP contribution in [0.15, 0.2) is 53.5 Å². The summed E-state index contributed by atoms with van der Waals surface area (Å²) in [7, 11) is 1.29. The maximum absolute atomic E-state index is 14.7. The fourth-order valence-corrected chi connectivity index (χ4v) is 4.66. The highest BCUT2D eigenvalue weighted by atomic mass is 19.4. The lowest BCUT2D eigenvalue weighted by Crippen LogP contribution is -2.29. The number of hydrogen-bond acceptors (Lipinski definition) is 5. The molecule has 0 amide bonds. The molecule has 4 aromatic rings. The molecule has 1 saturated heterocycles. The van der Waals surface area contributed by atoms with E-state index in [1.54, 1.807) is 24.4 Å². The summed E-state index contributed by atoms with van der Waals surface area (Å²) in [6, 6.07) is 9.36. The van der Waals surface area contributed by atoms with Gasteiger partial charge in [-0.25, -0.2) is 14.2 Å². The van der Waals surface area contributed by atoms with E-state index in [9.17, 15) is 22.4 Å². The third kappa shape index (κ3) is 4.48. The number of aryl methyl sites for hydroxylation is 1. The zero-order valence-electron chi connectivity index (χ0n) is 20.3. The number of benzene rings is 2. The van der Waals surface area contributed by atoms with E-state index in [1.165, 1.54) is 25.3 Å². The van der Waals surface area contributed by atoms with Crippen LogP contribution in [0.5, 0.6) is 5.75 Å². The lowest BCUT2D eigenvalue weighted by molar-refractivity contribution is -0.169. The maximum atomic E-state index is 14.7. The summed E-state index contributed by atoms with van der Waals surface area (Å²) in [5.41, 5.74) is 1.60. The van der Waals surface area contributed by atoms with Gasteiger partial charge in [0.05, 0.1) is 42.2 Å². The highest BCUT2D eigenvalue weighted by Gasteiger charge is 2.45. The van der Waals surface area contributed by atoms with Crippen LogP contribution >= 0.6 is 0 Å². The van der Waals surface area contributed by atoms with E-state index >= 15 is 0 Å². The van der Waals surface area contributed by atoms with Gasteiger partial charge in [0.1, 0.15) is 5.82 Å². The number of rotatable bonds is 4. The first kappa shape index (κ1) is 25.4. The zero-order valence-corrected chi connectivity index (χ0v) is 20.3. The van der Waals surface area contributed by atoms with Crippen LogP contribution in [0, 0.1) is 25.2 Å². The van der Waals surface area contributed by atoms with Crippen LogP contribution in [-0.2, 0) is 0 Å². The Morgan fingerprint density at radius 3 is 2.58 bits per heavy atom. The number of aromatic nitrogens is 3. The summed E-state index contributed by atoms with van der Waals surface area (Å²) in [5, 5.41) is 2.91. The Balaban J connectivity index is 1.82. The summed E-state index contributed by atoms with van der Waals surface area (Å²) in [6.45, 7) is 9.00. The Hall–Kier alpha value is -4.30. The number of fused-ring (bicyclic) bond motifs is 1. The molecule has 1 N–H and O–H groups in total. The molecule has 2 atom stereocenters. The summed E-state index contributed by atoms with van der Waals surface area (Å²) >= 11 is 0. The number of pyridine rings is 1. The van der Waals surface area contributed by atoms with Gasteiger partial charge in [0, 0.05) is 30.1 Å². The second-order valence-electron chi connectivity index (χ2n) is 9.05. The second kappa shape index (κ2) is 9.54. The molecular formula is C27H21F4N5O2. The Morgan fingerprint density at radius 1 is 1.18 bits per heavy atom. The van der Waals surface area contributed by atoms with Crippen molar-refractivity contribution in [1.29, 1.82) is 0 Å². The van der Waals surface area contributed by atoms with Crippen LogP contribution in [0.25, 0.3) is 32.6 Å². The van der Waals surface area contributed by atoms with Crippen molar-refractivity contribution < 1.29 is 22.3 Å². The van der Waals surface area contributed by atoms with E-state index in [1.807, 2.05) is 6.92 Å². The van der Waals surface area contributed by atoms with E-state index in [4.69, 9.17) is 16.3 Å². The summed E-state index contributed by atoms with van der Waals surface area (Å²) < 4.78 is 61.3. The molecule has 0 saturated carbocycles. The second-order valence-corrected chi connectivity index (χ2v) is 9.05. The minimum Gasteiger partial charge on any atom is -0.494 e. The largest absolute Gasteiger partial charge is 0.494 e. The maximum Gasteiger partial charge on any atom is 0.393 e. The van der Waals surface area contributed by atoms with Crippen molar-refractivity contribution >= 4 is 16.6 Å². The highest BCUT2D eigenvalue weighted by Crippen LogP contribution is 2.39. The first-order chi connectivity index (χ1) is 18.1. The van der Waals surface area contributed by atoms with Crippen LogP contribution in [-0.4, -0.2) is 34.4 Å². The van der Waals surface area contributed by atoms with Crippen molar-refractivity contribution in [2.75, 3.05) is 13.7 Å². The van der Waals surface area contributed by atoms with E-state index in [0.29, 0.717) is 11.1 Å². The third-order valence-electron chi connectivity index (χ3n) is 6.63. The smallest absolute Gasteiger partial charge is 0.393 e. The number of nitrogens with one attached hydrogen (secondary N) is 1. The minimum atomic E-state index is -4.43. The molecule has 1 aliphatic heterocycles. The molecule has 0 aliphatic carbocycles. The van der Waals surface area contributed by atoms with E-state index in [-0.39, 0.29) is 46.8 Å². The standard InChI is InChI=1S/C27H21F4N5O2/c1-14-4-5-15(12-33-14)19-9-17(32-2)10-20-24(19)35-25(22-8-16(13-34-22)27(29,30)31)36(26(20)37)18-6-7-23(38-3)21(28)11-18/h4-7,9-12,16,22,34H,8,13H2,1,3H3/t16-,22-/m0/s1. The molecule has 0 radical (unpaired) electrons. The van der Waals surface area contributed by atoms with Crippen molar-refractivity contribution in [2.45, 2.75) is 25.6 Å². The lowest BCUT2D eigenvalue weighted by atomic mass is 10.0. The van der Waals surface area contributed by atoms with Gasteiger partial charge in [-0.05, 0) is 49.2 Å². The van der Waals surface area contributed by atoms with Crippen molar-refractivity contribution in [2.24, 2.45) is 5.92 Å². The first-order valence-electron chi connectivity index (χ1n) is 11.7. The summed E-state index contributed by atoms with van der Waals surface area (Å²) in [4.78, 5) is 26.4. The van der Waals surface area contributed by atoms with Crippen LogP contribution in [0.2, 0.25) is 0 Å². The molecule has 11 heteroatoms. The fourth-order valence-electron chi connectivity index (χ4n) is 4.66. The van der Waals surface area contributed by atoms with E-state index in [2.05, 4.69) is 15.1 Å². The molecule has 1 aliphatic rings. The highest BCUT2D eigenvalue weighted by molar-refractivity contribution is 5.96. The van der Waals surface area contributed by atoms with Gasteiger partial charge in [-0.1, -0.05) is 6.07 Å². The number of ether oxygens (including phenoxy) is 1. The molecular weight excluding hydrogens is 502 g/mol. The first-order valence-corrected chi connectivity index (χ1v) is 11.7. The number of halogens is 4. The average molecular weight is 523 g/mol. The van der Waals surface area contributed by atoms with Gasteiger partial charge >= 0.3 is 6.18 Å². The van der Waals surface area contributed by atoms with E-state index < -0.39 is 29.5 Å². The Bertz CT molecular complexity index is 1640. The number of hydrogen-bond donors (Lipinski definition) is 1. The van der Waals surface area contributed by atoms with Crippen LogP contribution in [0.1, 0.15) is 24.0 Å². The van der Waals surface area contributed by atoms with Gasteiger partial charge in [0.2, 0.25) is 0 Å². The van der Waals surface area contributed by atoms with Crippen LogP contribution in [0.4, 0.5) is 23.2 Å². The minimum absolute atomic E-state index is 0.00991. The molecule has 38 heavy (non-hydrogen) atoms. The normalized spacial score (nSPS) is 17.5. The Kier molecular flexibility index (Phi) is 6.36. The molecule has 0 spiro atoms. The number of alkyl halides is 3. The molecule has 0 bridgehead atoms. The average Bonchev–Trinajstić information content (AvgIpc) is 3.40. The molecule has 0 unspecified atom stereocenters. The molecule has 2 aromatic heterocycles. The summed E-state index contributed by atoms with van der Waals surface area (Å²) in [6.07, 6.45) is -3.20. The topological polar surface area (TPSA) is 73.4 Å². The quantitative estimate of drug-likeness (QED) is 0.276. The van der Waals surface area contributed by atoms with Gasteiger partial charge in [0.25, 0.3) is 5.56 Å². The van der Waals surface area contributed by atoms with Gasteiger partial charge in [-0.3, -0.25) is 14.3 Å². The third-order valence-corrected chi connectivity index (χ3v) is 6.63. The van der Waals surface area contributed by atoms with Crippen molar-refractivity contribution in [3.05, 3.63) is 87.8 Å². The zero-order chi connectivity index (χ0) is 27.2. The van der Waals surface area contributed by atoms with Gasteiger partial charge in [0.15, 0.2) is 17.3 Å². The molecule has 7 nitrogen and oxygen atoms in total. The van der Waals surface area contributed by atoms with Gasteiger partial charge < -0.3 is 10.1 Å². The predicted octanol–water partition coefficient (Wildman–Crippen LogP) is 5.67. The molecule has 2 aromatic carbocycles. The van der Waals surface area contributed by atoms with Crippen molar-refractivity contribution in [3.63, 3.8) is 0 Å². The molecule has 194 valence electrons. The SMILES string of the molecule is [C-]#[N+]c1cc(-c2ccc(C)nc2)c2nc([C@@H]3C[C@H](C(F)(F)F)CN3)n(-c3ccc(OC)c(F)c3)c(=O)c2c1. The van der Waals surface area contributed by atoms with Crippen LogP contribution < -0.4 is 15.6 Å². The monoisotopic (exact) mass is 523 g/mol. The summed E-state index contributed by atoms with van der Waals surface area (Å²) in [5.74, 6) is -2.43. The fraction of sp³-hybridized carbons (Fsp3) is 0.259. The predicted molar refractivity (Wildman–Crippen MR) is 133 cm³/mol. The lowest BCUT2D eigenvalue weighted by Gasteiger charge is -2.20. The Morgan fingerprint density at radius 2 is 1.97 bits per heavy atom.